The molecule has 3 rings (SSSR count). The normalized spacial score (nSPS) is 15.8. The van der Waals surface area contributed by atoms with E-state index in [-0.39, 0.29) is 17.7 Å². The third-order valence-electron chi connectivity index (χ3n) is 5.52. The van der Waals surface area contributed by atoms with E-state index >= 15 is 0 Å². The monoisotopic (exact) mass is 446 g/mol. The van der Waals surface area contributed by atoms with Gasteiger partial charge in [-0.3, -0.25) is 4.79 Å². The lowest BCUT2D eigenvalue weighted by atomic mass is 10.1. The van der Waals surface area contributed by atoms with Crippen molar-refractivity contribution in [3.63, 3.8) is 0 Å². The van der Waals surface area contributed by atoms with Crippen molar-refractivity contribution >= 4 is 15.9 Å². The highest BCUT2D eigenvalue weighted by atomic mass is 32.2. The maximum atomic E-state index is 12.7. The molecule has 1 saturated heterocycles. The number of carbonyl (C=O) groups is 1. The van der Waals surface area contributed by atoms with Crippen LogP contribution in [-0.2, 0) is 15.8 Å². The standard InChI is InChI=1S/C23H30N2O5S/c1-17(21-15-20(29-2)11-12-22(21)30-3)24-23(26)19-9-7-18(8-10-19)16-31(27,28)25-13-5-4-6-14-25/h7-12,15,17H,4-6,13-14,16H2,1-3H3,(H,24,26)/t17-/m0/s1. The zero-order valence-electron chi connectivity index (χ0n) is 18.3. The summed E-state index contributed by atoms with van der Waals surface area (Å²) in [5.74, 6) is 1.04. The summed E-state index contributed by atoms with van der Waals surface area (Å²) in [5, 5.41) is 2.96. The Labute approximate surface area is 184 Å². The number of methoxy groups -OCH3 is 2. The number of piperidine rings is 1. The molecule has 8 heteroatoms. The van der Waals surface area contributed by atoms with E-state index < -0.39 is 10.0 Å². The van der Waals surface area contributed by atoms with Crippen molar-refractivity contribution < 1.29 is 22.7 Å². The molecule has 2 aromatic rings. The molecule has 0 aliphatic carbocycles. The minimum Gasteiger partial charge on any atom is -0.497 e. The van der Waals surface area contributed by atoms with Gasteiger partial charge in [-0.05, 0) is 55.7 Å². The SMILES string of the molecule is COc1ccc(OC)c([C@H](C)NC(=O)c2ccc(CS(=O)(=O)N3CCCCC3)cc2)c1. The molecular weight excluding hydrogens is 416 g/mol. The van der Waals surface area contributed by atoms with E-state index in [9.17, 15) is 13.2 Å². The fourth-order valence-electron chi connectivity index (χ4n) is 3.73. The Bertz CT molecular complexity index is 999. The van der Waals surface area contributed by atoms with E-state index in [1.165, 1.54) is 0 Å². The predicted octanol–water partition coefficient (Wildman–Crippen LogP) is 3.51. The van der Waals surface area contributed by atoms with Crippen molar-refractivity contribution in [2.75, 3.05) is 27.3 Å². The highest BCUT2D eigenvalue weighted by Crippen LogP contribution is 2.29. The summed E-state index contributed by atoms with van der Waals surface area (Å²) in [6.07, 6.45) is 2.90. The summed E-state index contributed by atoms with van der Waals surface area (Å²) >= 11 is 0. The highest BCUT2D eigenvalue weighted by Gasteiger charge is 2.24. The topological polar surface area (TPSA) is 84.9 Å². The number of nitrogens with one attached hydrogen (secondary N) is 1. The molecule has 0 bridgehead atoms. The van der Waals surface area contributed by atoms with Gasteiger partial charge in [-0.15, -0.1) is 0 Å². The van der Waals surface area contributed by atoms with Crippen molar-refractivity contribution in [1.82, 2.24) is 9.62 Å². The summed E-state index contributed by atoms with van der Waals surface area (Å²) in [6.45, 7) is 3.05. The van der Waals surface area contributed by atoms with Gasteiger partial charge < -0.3 is 14.8 Å². The quantitative estimate of drug-likeness (QED) is 0.671. The van der Waals surface area contributed by atoms with Crippen LogP contribution in [0.2, 0.25) is 0 Å². The second-order valence-corrected chi connectivity index (χ2v) is 9.68. The molecule has 0 aromatic heterocycles. The van der Waals surface area contributed by atoms with Gasteiger partial charge in [-0.2, -0.15) is 0 Å². The Morgan fingerprint density at radius 1 is 1.03 bits per heavy atom. The molecule has 2 aromatic carbocycles. The highest BCUT2D eigenvalue weighted by molar-refractivity contribution is 7.88. The molecule has 1 aliphatic heterocycles. The Kier molecular flexibility index (Phi) is 7.56. The minimum absolute atomic E-state index is 0.0493. The molecule has 1 heterocycles. The number of sulfonamides is 1. The van der Waals surface area contributed by atoms with Crippen LogP contribution in [-0.4, -0.2) is 45.9 Å². The number of benzene rings is 2. The lowest BCUT2D eigenvalue weighted by Crippen LogP contribution is -2.36. The van der Waals surface area contributed by atoms with Gasteiger partial charge in [0.1, 0.15) is 11.5 Å². The third-order valence-corrected chi connectivity index (χ3v) is 7.37. The van der Waals surface area contributed by atoms with Crippen LogP contribution >= 0.6 is 0 Å². The van der Waals surface area contributed by atoms with Crippen LogP contribution in [0.15, 0.2) is 42.5 Å². The maximum absolute atomic E-state index is 12.7. The molecule has 1 atom stereocenters. The number of ether oxygens (including phenoxy) is 2. The summed E-state index contributed by atoms with van der Waals surface area (Å²) in [4.78, 5) is 12.7. The number of carbonyl (C=O) groups excluding carboxylic acids is 1. The average Bonchev–Trinajstić information content (AvgIpc) is 2.79. The molecule has 168 valence electrons. The Morgan fingerprint density at radius 3 is 2.32 bits per heavy atom. The van der Waals surface area contributed by atoms with Crippen LogP contribution in [0.1, 0.15) is 53.7 Å². The van der Waals surface area contributed by atoms with Crippen molar-refractivity contribution in [3.05, 3.63) is 59.2 Å². The Morgan fingerprint density at radius 2 is 1.71 bits per heavy atom. The van der Waals surface area contributed by atoms with Crippen LogP contribution in [0.25, 0.3) is 0 Å². The molecule has 7 nitrogen and oxygen atoms in total. The molecule has 0 radical (unpaired) electrons. The first kappa shape index (κ1) is 23.1. The smallest absolute Gasteiger partial charge is 0.251 e. The van der Waals surface area contributed by atoms with Crippen molar-refractivity contribution in [3.8, 4) is 11.5 Å². The van der Waals surface area contributed by atoms with E-state index in [2.05, 4.69) is 5.32 Å². The fourth-order valence-corrected chi connectivity index (χ4v) is 5.34. The second kappa shape index (κ2) is 10.2. The number of rotatable bonds is 8. The Balaban J connectivity index is 1.66. The van der Waals surface area contributed by atoms with Gasteiger partial charge in [-0.1, -0.05) is 18.6 Å². The van der Waals surface area contributed by atoms with Gasteiger partial charge in [0.05, 0.1) is 26.0 Å². The van der Waals surface area contributed by atoms with Gasteiger partial charge in [0, 0.05) is 24.2 Å². The van der Waals surface area contributed by atoms with E-state index in [0.29, 0.717) is 35.7 Å². The lowest BCUT2D eigenvalue weighted by molar-refractivity contribution is 0.0939. The fraction of sp³-hybridized carbons (Fsp3) is 0.435. The van der Waals surface area contributed by atoms with Crippen molar-refractivity contribution in [1.29, 1.82) is 0 Å². The van der Waals surface area contributed by atoms with Crippen molar-refractivity contribution in [2.24, 2.45) is 0 Å². The lowest BCUT2D eigenvalue weighted by Gasteiger charge is -2.25. The van der Waals surface area contributed by atoms with Crippen LogP contribution < -0.4 is 14.8 Å². The zero-order chi connectivity index (χ0) is 22.4. The van der Waals surface area contributed by atoms with Crippen molar-refractivity contribution in [2.45, 2.75) is 38.0 Å². The number of amides is 1. The van der Waals surface area contributed by atoms with Crippen LogP contribution in [0, 0.1) is 0 Å². The number of hydrogen-bond donors (Lipinski definition) is 1. The minimum atomic E-state index is -3.33. The number of nitrogens with zero attached hydrogens (tertiary/aromatic N) is 1. The van der Waals surface area contributed by atoms with Crippen LogP contribution in [0.5, 0.6) is 11.5 Å². The summed E-state index contributed by atoms with van der Waals surface area (Å²) < 4.78 is 37.5. The zero-order valence-corrected chi connectivity index (χ0v) is 19.1. The predicted molar refractivity (Wildman–Crippen MR) is 120 cm³/mol. The summed E-state index contributed by atoms with van der Waals surface area (Å²) in [6, 6.07) is 11.8. The van der Waals surface area contributed by atoms with Crippen LogP contribution in [0.4, 0.5) is 0 Å². The second-order valence-electron chi connectivity index (χ2n) is 7.72. The molecule has 31 heavy (non-hydrogen) atoms. The summed E-state index contributed by atoms with van der Waals surface area (Å²) in [5.41, 5.74) is 1.94. The van der Waals surface area contributed by atoms with Gasteiger partial charge >= 0.3 is 0 Å². The first-order valence-corrected chi connectivity index (χ1v) is 12.0. The molecule has 0 unspecified atom stereocenters. The maximum Gasteiger partial charge on any atom is 0.251 e. The number of hydrogen-bond acceptors (Lipinski definition) is 5. The summed E-state index contributed by atoms with van der Waals surface area (Å²) in [7, 11) is -0.167. The first-order chi connectivity index (χ1) is 14.8. The molecule has 1 fully saturated rings. The van der Waals surface area contributed by atoms with E-state index in [1.54, 1.807) is 54.9 Å². The first-order valence-electron chi connectivity index (χ1n) is 10.4. The van der Waals surface area contributed by atoms with E-state index in [1.807, 2.05) is 13.0 Å². The molecule has 0 saturated carbocycles. The van der Waals surface area contributed by atoms with Gasteiger partial charge in [0.15, 0.2) is 0 Å². The molecule has 1 aliphatic rings. The van der Waals surface area contributed by atoms with Gasteiger partial charge in [-0.25, -0.2) is 12.7 Å². The molecular formula is C23H30N2O5S. The van der Waals surface area contributed by atoms with E-state index in [4.69, 9.17) is 9.47 Å². The van der Waals surface area contributed by atoms with Gasteiger partial charge in [0.2, 0.25) is 10.0 Å². The molecule has 0 spiro atoms. The largest absolute Gasteiger partial charge is 0.497 e. The van der Waals surface area contributed by atoms with Crippen LogP contribution in [0.3, 0.4) is 0 Å². The molecule has 1 amide bonds. The van der Waals surface area contributed by atoms with Gasteiger partial charge in [0.25, 0.3) is 5.91 Å². The average molecular weight is 447 g/mol. The Hall–Kier alpha value is -2.58. The molecule has 1 N–H and O–H groups in total. The third kappa shape index (κ3) is 5.77. The van der Waals surface area contributed by atoms with E-state index in [0.717, 1.165) is 24.8 Å².